The molecule has 6 aliphatic heterocycles. The highest BCUT2D eigenvalue weighted by Gasteiger charge is 2.45. The van der Waals surface area contributed by atoms with E-state index in [2.05, 4.69) is 91.4 Å². The van der Waals surface area contributed by atoms with Crippen LogP contribution < -0.4 is 31.1 Å². The lowest BCUT2D eigenvalue weighted by atomic mass is 9.95. The van der Waals surface area contributed by atoms with Gasteiger partial charge in [0.1, 0.15) is 18.5 Å². The zero-order chi connectivity index (χ0) is 40.9. The van der Waals surface area contributed by atoms with Crippen molar-refractivity contribution in [1.82, 2.24) is 30.7 Å². The van der Waals surface area contributed by atoms with Gasteiger partial charge in [0, 0.05) is 87.8 Å². The molecule has 0 saturated carbocycles. The number of piperazine rings is 1. The summed E-state index contributed by atoms with van der Waals surface area (Å²) in [5.41, 5.74) is 9.37. The first-order valence-electron chi connectivity index (χ1n) is 21.2. The number of fused-ring (bicyclic) bond motifs is 2. The molecule has 60 heavy (non-hydrogen) atoms. The summed E-state index contributed by atoms with van der Waals surface area (Å²) in [5, 5.41) is 13.8. The molecule has 14 heteroatoms. The van der Waals surface area contributed by atoms with E-state index in [0.29, 0.717) is 30.2 Å². The fourth-order valence-corrected chi connectivity index (χ4v) is 9.56. The van der Waals surface area contributed by atoms with Crippen LogP contribution in [-0.2, 0) is 14.3 Å². The van der Waals surface area contributed by atoms with Gasteiger partial charge in [-0.15, -0.1) is 0 Å². The summed E-state index contributed by atoms with van der Waals surface area (Å²) in [7, 11) is 0. The van der Waals surface area contributed by atoms with Crippen LogP contribution in [0.4, 0.5) is 22.9 Å². The molecule has 1 atom stereocenters. The van der Waals surface area contributed by atoms with Gasteiger partial charge >= 0.3 is 0 Å². The molecule has 0 radical (unpaired) electrons. The summed E-state index contributed by atoms with van der Waals surface area (Å²) < 4.78 is 5.81. The first kappa shape index (κ1) is 37.8. The minimum Gasteiger partial charge on any atom is -0.476 e. The van der Waals surface area contributed by atoms with E-state index < -0.39 is 23.8 Å². The Labute approximate surface area is 348 Å². The second-order valence-electron chi connectivity index (χ2n) is 16.6. The van der Waals surface area contributed by atoms with Crippen LogP contribution >= 0.6 is 0 Å². The average Bonchev–Trinajstić information content (AvgIpc) is 3.52. The van der Waals surface area contributed by atoms with Gasteiger partial charge in [0.25, 0.3) is 11.8 Å². The van der Waals surface area contributed by atoms with Gasteiger partial charge in [-0.3, -0.25) is 34.3 Å². The fourth-order valence-electron chi connectivity index (χ4n) is 9.56. The Morgan fingerprint density at radius 2 is 1.53 bits per heavy atom. The van der Waals surface area contributed by atoms with Gasteiger partial charge in [-0.2, -0.15) is 0 Å². The standard InChI is InChI=1S/C46H49N9O5/c1-28-37(26-48-44-42(28)47-16-23-60-44)31-3-2-30-4-12-40(50-38(30)24-31)49-32-5-7-33(8-6-32)53-17-14-29(15-18-53)27-52-19-21-54(22-20-52)34-9-10-35-36(25-34)46(59)55(45(35)58)39-11-13-41(56)51-43(39)57/h2-10,12,24-25,29,39,47-48H,11,13-23,26-27H2,1H3,(H,49,50)(H,51,56,57). The fraction of sp³-hybridized carbons (Fsp3) is 0.370. The van der Waals surface area contributed by atoms with E-state index in [-0.39, 0.29) is 18.7 Å². The number of nitrogens with zero attached hydrogens (tertiary/aromatic N) is 5. The first-order valence-corrected chi connectivity index (χ1v) is 21.2. The Morgan fingerprint density at radius 3 is 2.33 bits per heavy atom. The van der Waals surface area contributed by atoms with Crippen molar-refractivity contribution < 1.29 is 23.9 Å². The molecule has 4 aromatic rings. The predicted molar refractivity (Wildman–Crippen MR) is 230 cm³/mol. The zero-order valence-corrected chi connectivity index (χ0v) is 33.8. The Hall–Kier alpha value is -6.41. The molecular formula is C46H49N9O5. The molecule has 308 valence electrons. The van der Waals surface area contributed by atoms with Crippen molar-refractivity contribution in [1.29, 1.82) is 0 Å². The van der Waals surface area contributed by atoms with Crippen LogP contribution in [0.1, 0.15) is 58.9 Å². The summed E-state index contributed by atoms with van der Waals surface area (Å²) in [6.45, 7) is 11.0. The van der Waals surface area contributed by atoms with Crippen LogP contribution in [-0.4, -0.2) is 110 Å². The van der Waals surface area contributed by atoms with Crippen molar-refractivity contribution in [2.75, 3.05) is 80.6 Å². The maximum absolute atomic E-state index is 13.4. The smallest absolute Gasteiger partial charge is 0.262 e. The van der Waals surface area contributed by atoms with Crippen LogP contribution in [0.3, 0.4) is 0 Å². The third kappa shape index (κ3) is 7.18. The number of dihydropyridines is 1. The van der Waals surface area contributed by atoms with Gasteiger partial charge in [0.2, 0.25) is 17.7 Å². The maximum Gasteiger partial charge on any atom is 0.262 e. The van der Waals surface area contributed by atoms with Gasteiger partial charge in [-0.25, -0.2) is 4.98 Å². The van der Waals surface area contributed by atoms with Crippen LogP contribution in [0.2, 0.25) is 0 Å². The van der Waals surface area contributed by atoms with Crippen LogP contribution in [0.15, 0.2) is 89.9 Å². The molecule has 6 aliphatic rings. The summed E-state index contributed by atoms with van der Waals surface area (Å²) >= 11 is 0. The molecule has 4 N–H and O–H groups in total. The number of anilines is 4. The Morgan fingerprint density at radius 1 is 0.783 bits per heavy atom. The number of hydrogen-bond donors (Lipinski definition) is 4. The Kier molecular flexibility index (Phi) is 9.86. The number of imide groups is 2. The average molecular weight is 808 g/mol. The molecule has 4 amide bonds. The van der Waals surface area contributed by atoms with E-state index in [0.717, 1.165) is 115 Å². The van der Waals surface area contributed by atoms with Gasteiger partial charge in [-0.05, 0) is 109 Å². The molecule has 7 heterocycles. The Balaban J connectivity index is 0.703. The molecule has 3 saturated heterocycles. The second-order valence-corrected chi connectivity index (χ2v) is 16.6. The minimum absolute atomic E-state index is 0.102. The Bertz CT molecular complexity index is 2470. The summed E-state index contributed by atoms with van der Waals surface area (Å²) in [6, 6.07) is 23.7. The van der Waals surface area contributed by atoms with Crippen molar-refractivity contribution in [3.05, 3.63) is 107 Å². The molecule has 14 nitrogen and oxygen atoms in total. The highest BCUT2D eigenvalue weighted by Crippen LogP contribution is 2.33. The van der Waals surface area contributed by atoms with E-state index in [4.69, 9.17) is 9.72 Å². The van der Waals surface area contributed by atoms with E-state index in [1.165, 1.54) is 16.8 Å². The normalized spacial score (nSPS) is 21.4. The van der Waals surface area contributed by atoms with Crippen LogP contribution in [0.5, 0.6) is 0 Å². The van der Waals surface area contributed by atoms with Gasteiger partial charge in [0.15, 0.2) is 0 Å². The molecule has 3 fully saturated rings. The highest BCUT2D eigenvalue weighted by molar-refractivity contribution is 6.23. The largest absolute Gasteiger partial charge is 0.476 e. The number of allylic oxidation sites excluding steroid dienone is 1. The molecule has 1 aromatic heterocycles. The zero-order valence-electron chi connectivity index (χ0n) is 33.8. The van der Waals surface area contributed by atoms with Gasteiger partial charge in [-0.1, -0.05) is 12.1 Å². The van der Waals surface area contributed by atoms with Crippen molar-refractivity contribution in [2.24, 2.45) is 5.92 Å². The number of carbonyl (C=O) groups excluding carboxylic acids is 4. The van der Waals surface area contributed by atoms with Gasteiger partial charge in [0.05, 0.1) is 22.3 Å². The minimum atomic E-state index is -0.961. The highest BCUT2D eigenvalue weighted by atomic mass is 16.5. The molecule has 0 aliphatic carbocycles. The maximum atomic E-state index is 13.4. The number of piperidine rings is 2. The number of amides is 4. The molecular weight excluding hydrogens is 759 g/mol. The number of rotatable bonds is 8. The predicted octanol–water partition coefficient (Wildman–Crippen LogP) is 4.58. The van der Waals surface area contributed by atoms with Crippen molar-refractivity contribution in [2.45, 2.75) is 38.6 Å². The number of benzene rings is 3. The van der Waals surface area contributed by atoms with Crippen molar-refractivity contribution in [3.8, 4) is 0 Å². The summed E-state index contributed by atoms with van der Waals surface area (Å²) in [4.78, 5) is 63.9. The van der Waals surface area contributed by atoms with E-state index in [1.54, 1.807) is 12.1 Å². The number of carbonyl (C=O) groups is 4. The molecule has 0 spiro atoms. The number of aromatic nitrogens is 1. The molecule has 3 aromatic carbocycles. The summed E-state index contributed by atoms with van der Waals surface area (Å²) in [6.07, 6.45) is 2.53. The van der Waals surface area contributed by atoms with Crippen LogP contribution in [0, 0.1) is 5.92 Å². The number of nitrogens with one attached hydrogen (secondary N) is 4. The summed E-state index contributed by atoms with van der Waals surface area (Å²) in [5.74, 6) is 0.366. The van der Waals surface area contributed by atoms with Gasteiger partial charge < -0.3 is 30.5 Å². The lowest BCUT2D eigenvalue weighted by Crippen LogP contribution is -2.54. The van der Waals surface area contributed by atoms with E-state index in [1.807, 2.05) is 12.1 Å². The monoisotopic (exact) mass is 807 g/mol. The quantitative estimate of drug-likeness (QED) is 0.185. The van der Waals surface area contributed by atoms with E-state index in [9.17, 15) is 19.2 Å². The lowest BCUT2D eigenvalue weighted by Gasteiger charge is -2.40. The van der Waals surface area contributed by atoms with Crippen molar-refractivity contribution >= 4 is 63.0 Å². The first-order chi connectivity index (χ1) is 29.3. The SMILES string of the molecule is CC1=C(c2ccc3ccc(Nc4ccc(N5CCC(CN6CCN(c7ccc8c(c7)C(=O)N(C7CCC(=O)NC7=O)C8=O)CC6)CC5)cc4)nc3c2)CNC2=C1NCCO2. The third-order valence-electron chi connectivity index (χ3n) is 13.0. The number of pyridine rings is 1. The molecule has 0 bridgehead atoms. The molecule has 1 unspecified atom stereocenters. The van der Waals surface area contributed by atoms with Crippen molar-refractivity contribution in [3.63, 3.8) is 0 Å². The second kappa shape index (κ2) is 15.6. The lowest BCUT2D eigenvalue weighted by molar-refractivity contribution is -0.136. The molecule has 10 rings (SSSR count). The number of ether oxygens (including phenoxy) is 1. The van der Waals surface area contributed by atoms with E-state index >= 15 is 0 Å². The third-order valence-corrected chi connectivity index (χ3v) is 13.0. The van der Waals surface area contributed by atoms with Crippen LogP contribution in [0.25, 0.3) is 16.5 Å². The number of hydrogen-bond acceptors (Lipinski definition) is 12. The topological polar surface area (TPSA) is 151 Å².